The third kappa shape index (κ3) is 4.85. The van der Waals surface area contributed by atoms with Crippen molar-refractivity contribution in [1.29, 1.82) is 0 Å². The minimum Gasteiger partial charge on any atom is -0.496 e. The van der Waals surface area contributed by atoms with E-state index in [-0.39, 0.29) is 5.91 Å². The molecule has 2 aromatic heterocycles. The summed E-state index contributed by atoms with van der Waals surface area (Å²) in [7, 11) is 1.66. The number of carbonyl (C=O) groups is 1. The molecule has 0 aliphatic heterocycles. The Morgan fingerprint density at radius 2 is 1.94 bits per heavy atom. The second-order valence-electron chi connectivity index (χ2n) is 7.78. The van der Waals surface area contributed by atoms with Gasteiger partial charge in [-0.1, -0.05) is 30.0 Å². The zero-order valence-electron chi connectivity index (χ0n) is 19.9. The van der Waals surface area contributed by atoms with E-state index >= 15 is 0 Å². The quantitative estimate of drug-likeness (QED) is 0.279. The number of ether oxygens (including phenoxy) is 1. The van der Waals surface area contributed by atoms with Crippen molar-refractivity contribution in [3.63, 3.8) is 0 Å². The second-order valence-corrected chi connectivity index (χ2v) is 9.56. The van der Waals surface area contributed by atoms with Crippen LogP contribution in [-0.2, 0) is 17.1 Å². The van der Waals surface area contributed by atoms with Crippen LogP contribution in [0.2, 0.25) is 0 Å². The first-order valence-corrected chi connectivity index (χ1v) is 12.8. The van der Waals surface area contributed by atoms with Crippen LogP contribution in [0, 0.1) is 13.8 Å². The first-order valence-electron chi connectivity index (χ1n) is 10.9. The Labute approximate surface area is 207 Å². The van der Waals surface area contributed by atoms with Gasteiger partial charge in [0.2, 0.25) is 5.91 Å². The summed E-state index contributed by atoms with van der Waals surface area (Å²) in [6.07, 6.45) is 0. The lowest BCUT2D eigenvalue weighted by molar-refractivity contribution is -0.115. The highest BCUT2D eigenvalue weighted by molar-refractivity contribution is 7.98. The van der Waals surface area contributed by atoms with Gasteiger partial charge < -0.3 is 9.30 Å². The number of amides is 1. The molecule has 0 atom stereocenters. The number of hydrogen-bond acceptors (Lipinski definition) is 7. The number of carbonyl (C=O) groups excluding carboxylic acids is 1. The van der Waals surface area contributed by atoms with E-state index in [0.717, 1.165) is 45.8 Å². The summed E-state index contributed by atoms with van der Waals surface area (Å²) in [5.41, 5.74) is 4.96. The van der Waals surface area contributed by atoms with Gasteiger partial charge in [-0.3, -0.25) is 9.69 Å². The van der Waals surface area contributed by atoms with Gasteiger partial charge >= 0.3 is 0 Å². The Balaban J connectivity index is 1.54. The maximum atomic E-state index is 12.5. The summed E-state index contributed by atoms with van der Waals surface area (Å²) in [6, 6.07) is 13.8. The number of thioether (sulfide) groups is 1. The average Bonchev–Trinajstić information content (AvgIpc) is 3.46. The van der Waals surface area contributed by atoms with Crippen molar-refractivity contribution in [2.45, 2.75) is 45.1 Å². The van der Waals surface area contributed by atoms with Crippen LogP contribution in [0.15, 0.2) is 53.0 Å². The van der Waals surface area contributed by atoms with Crippen LogP contribution in [0.1, 0.15) is 30.7 Å². The summed E-state index contributed by atoms with van der Waals surface area (Å²) in [5, 5.41) is 12.3. The van der Waals surface area contributed by atoms with Gasteiger partial charge in [-0.05, 0) is 56.2 Å². The normalized spacial score (nSPS) is 11.0. The number of thiazole rings is 1. The number of rotatable bonds is 8. The lowest BCUT2D eigenvalue weighted by atomic mass is 10.1. The van der Waals surface area contributed by atoms with Gasteiger partial charge in [0.25, 0.3) is 0 Å². The lowest BCUT2D eigenvalue weighted by Gasteiger charge is -2.19. The molecular formula is C25H27N5O2S2. The molecule has 34 heavy (non-hydrogen) atoms. The summed E-state index contributed by atoms with van der Waals surface area (Å²) in [5.74, 6) is 2.10. The molecule has 0 aliphatic rings. The van der Waals surface area contributed by atoms with E-state index in [1.807, 2.05) is 54.8 Å². The van der Waals surface area contributed by atoms with Crippen molar-refractivity contribution in [1.82, 2.24) is 19.7 Å². The van der Waals surface area contributed by atoms with Crippen molar-refractivity contribution >= 4 is 39.8 Å². The molecule has 7 nitrogen and oxygen atoms in total. The minimum absolute atomic E-state index is 0.0658. The number of anilines is 2. The van der Waals surface area contributed by atoms with Gasteiger partial charge in [0.05, 0.1) is 24.1 Å². The highest BCUT2D eigenvalue weighted by Gasteiger charge is 2.20. The van der Waals surface area contributed by atoms with E-state index in [1.54, 1.807) is 30.7 Å². The molecule has 0 saturated heterocycles. The molecule has 1 amide bonds. The smallest absolute Gasteiger partial charge is 0.230 e. The van der Waals surface area contributed by atoms with Gasteiger partial charge in [-0.25, -0.2) is 4.98 Å². The molecule has 0 unspecified atom stereocenters. The maximum Gasteiger partial charge on any atom is 0.230 e. The molecule has 0 radical (unpaired) electrons. The van der Waals surface area contributed by atoms with E-state index in [9.17, 15) is 4.79 Å². The van der Waals surface area contributed by atoms with E-state index in [2.05, 4.69) is 28.6 Å². The van der Waals surface area contributed by atoms with Crippen LogP contribution in [0.3, 0.4) is 0 Å². The first-order chi connectivity index (χ1) is 16.4. The van der Waals surface area contributed by atoms with Gasteiger partial charge in [0.1, 0.15) is 5.75 Å². The molecule has 2 aromatic carbocycles. The van der Waals surface area contributed by atoms with E-state index in [0.29, 0.717) is 10.9 Å². The van der Waals surface area contributed by atoms with Crippen molar-refractivity contribution in [2.24, 2.45) is 0 Å². The highest BCUT2D eigenvalue weighted by atomic mass is 32.2. The largest absolute Gasteiger partial charge is 0.496 e. The highest BCUT2D eigenvalue weighted by Crippen LogP contribution is 2.34. The predicted octanol–water partition coefficient (Wildman–Crippen LogP) is 6.02. The monoisotopic (exact) mass is 493 g/mol. The van der Waals surface area contributed by atoms with Crippen LogP contribution in [0.5, 0.6) is 5.75 Å². The molecule has 0 spiro atoms. The summed E-state index contributed by atoms with van der Waals surface area (Å²) >= 11 is 3.04. The number of para-hydroxylation sites is 1. The summed E-state index contributed by atoms with van der Waals surface area (Å²) in [4.78, 5) is 18.9. The fraction of sp³-hybridized carbons (Fsp3) is 0.280. The Bertz CT molecular complexity index is 1310. The molecular weight excluding hydrogens is 466 g/mol. The standard InChI is InChI=1S/C25H27N5O2S2/c1-6-29-23(21-9-7-8-10-22(21)32-5)27-28-25(29)34-15-19-14-33-24(26-19)30(18(4)31)20-12-11-16(2)17(3)13-20/h7-14H,6,15H2,1-5H3. The van der Waals surface area contributed by atoms with Crippen molar-refractivity contribution in [3.05, 3.63) is 64.7 Å². The average molecular weight is 494 g/mol. The summed E-state index contributed by atoms with van der Waals surface area (Å²) in [6.45, 7) is 8.47. The third-order valence-electron chi connectivity index (χ3n) is 5.52. The number of aryl methyl sites for hydroxylation is 2. The number of methoxy groups -OCH3 is 1. The fourth-order valence-electron chi connectivity index (χ4n) is 3.60. The summed E-state index contributed by atoms with van der Waals surface area (Å²) < 4.78 is 7.58. The third-order valence-corrected chi connectivity index (χ3v) is 7.40. The molecule has 0 aliphatic carbocycles. The van der Waals surface area contributed by atoms with Crippen LogP contribution < -0.4 is 9.64 Å². The van der Waals surface area contributed by atoms with Crippen LogP contribution in [-0.4, -0.2) is 32.8 Å². The zero-order chi connectivity index (χ0) is 24.2. The van der Waals surface area contributed by atoms with Crippen molar-refractivity contribution < 1.29 is 9.53 Å². The van der Waals surface area contributed by atoms with Crippen LogP contribution in [0.25, 0.3) is 11.4 Å². The van der Waals surface area contributed by atoms with E-state index in [4.69, 9.17) is 9.72 Å². The molecule has 4 aromatic rings. The van der Waals surface area contributed by atoms with Gasteiger partial charge in [0, 0.05) is 24.6 Å². The van der Waals surface area contributed by atoms with Crippen molar-refractivity contribution in [2.75, 3.05) is 12.0 Å². The Morgan fingerprint density at radius 1 is 1.15 bits per heavy atom. The Hall–Kier alpha value is -3.17. The molecule has 0 N–H and O–H groups in total. The minimum atomic E-state index is -0.0658. The Kier molecular flexibility index (Phi) is 7.33. The van der Waals surface area contributed by atoms with E-state index in [1.165, 1.54) is 16.9 Å². The topological polar surface area (TPSA) is 73.1 Å². The first kappa shape index (κ1) is 24.0. The predicted molar refractivity (Wildman–Crippen MR) is 138 cm³/mol. The molecule has 4 rings (SSSR count). The molecule has 0 bridgehead atoms. The molecule has 0 saturated carbocycles. The second kappa shape index (κ2) is 10.4. The molecule has 9 heteroatoms. The van der Waals surface area contributed by atoms with Gasteiger partial charge in [-0.2, -0.15) is 0 Å². The fourth-order valence-corrected chi connectivity index (χ4v) is 5.49. The maximum absolute atomic E-state index is 12.5. The van der Waals surface area contributed by atoms with E-state index < -0.39 is 0 Å². The van der Waals surface area contributed by atoms with Gasteiger partial charge in [0.15, 0.2) is 16.1 Å². The Morgan fingerprint density at radius 3 is 2.65 bits per heavy atom. The number of benzene rings is 2. The number of nitrogens with zero attached hydrogens (tertiary/aromatic N) is 5. The molecule has 0 fully saturated rings. The SMILES string of the molecule is CCn1c(SCc2csc(N(C(C)=O)c3ccc(C)c(C)c3)n2)nnc1-c1ccccc1OC. The number of hydrogen-bond donors (Lipinski definition) is 0. The number of aromatic nitrogens is 4. The lowest BCUT2D eigenvalue weighted by Crippen LogP contribution is -2.22. The van der Waals surface area contributed by atoms with Crippen molar-refractivity contribution in [3.8, 4) is 17.1 Å². The van der Waals surface area contributed by atoms with Crippen LogP contribution in [0.4, 0.5) is 10.8 Å². The molecule has 176 valence electrons. The van der Waals surface area contributed by atoms with Crippen LogP contribution >= 0.6 is 23.1 Å². The zero-order valence-corrected chi connectivity index (χ0v) is 21.5. The van der Waals surface area contributed by atoms with Gasteiger partial charge in [-0.15, -0.1) is 21.5 Å². The molecule has 2 heterocycles.